The molecule has 3 aromatic rings. The standard InChI is InChI=1S/C26H19BrIN3O3/c1-2-33-24-13-17(11-20(15-30)26(32)31-22-9-7-21(27)8-10-22)12-23(28)25(24)34-16-19-6-4-3-5-18(19)14-29/h3-13H,2,16H2,1H3,(H,31,32)/b20-11+. The minimum atomic E-state index is -0.508. The number of hydrogen-bond acceptors (Lipinski definition) is 5. The van der Waals surface area contributed by atoms with Crippen LogP contribution in [0.15, 0.2) is 70.7 Å². The third kappa shape index (κ3) is 6.60. The Bertz CT molecular complexity index is 1310. The van der Waals surface area contributed by atoms with Gasteiger partial charge in [0.25, 0.3) is 5.91 Å². The molecular formula is C26H19BrIN3O3. The Labute approximate surface area is 220 Å². The van der Waals surface area contributed by atoms with E-state index in [-0.39, 0.29) is 12.2 Å². The van der Waals surface area contributed by atoms with Gasteiger partial charge in [-0.15, -0.1) is 0 Å². The van der Waals surface area contributed by atoms with Gasteiger partial charge >= 0.3 is 0 Å². The number of nitrogens with zero attached hydrogens (tertiary/aromatic N) is 2. The van der Waals surface area contributed by atoms with Crippen LogP contribution >= 0.6 is 38.5 Å². The van der Waals surface area contributed by atoms with Crippen molar-refractivity contribution in [1.82, 2.24) is 0 Å². The van der Waals surface area contributed by atoms with E-state index < -0.39 is 5.91 Å². The SMILES string of the molecule is CCOc1cc(/C=C(\C#N)C(=O)Nc2ccc(Br)cc2)cc(I)c1OCc1ccccc1C#N. The third-order valence-electron chi connectivity index (χ3n) is 4.62. The molecule has 1 N–H and O–H groups in total. The lowest BCUT2D eigenvalue weighted by molar-refractivity contribution is -0.112. The number of carbonyl (C=O) groups is 1. The Kier molecular flexibility index (Phi) is 9.08. The third-order valence-corrected chi connectivity index (χ3v) is 5.95. The monoisotopic (exact) mass is 627 g/mol. The first-order chi connectivity index (χ1) is 16.4. The maximum atomic E-state index is 12.6. The van der Waals surface area contributed by atoms with Crippen LogP contribution in [-0.4, -0.2) is 12.5 Å². The van der Waals surface area contributed by atoms with E-state index in [0.717, 1.165) is 13.6 Å². The topological polar surface area (TPSA) is 95.1 Å². The van der Waals surface area contributed by atoms with Crippen LogP contribution in [0, 0.1) is 26.2 Å². The minimum Gasteiger partial charge on any atom is -0.490 e. The van der Waals surface area contributed by atoms with Crippen molar-refractivity contribution >= 4 is 56.2 Å². The number of halogens is 2. The molecule has 0 aromatic heterocycles. The molecule has 3 aromatic carbocycles. The van der Waals surface area contributed by atoms with Crippen LogP contribution in [0.3, 0.4) is 0 Å². The Morgan fingerprint density at radius 1 is 1.12 bits per heavy atom. The fraction of sp³-hybridized carbons (Fsp3) is 0.115. The number of rotatable bonds is 8. The normalized spacial score (nSPS) is 10.7. The van der Waals surface area contributed by atoms with Gasteiger partial charge < -0.3 is 14.8 Å². The molecule has 0 spiro atoms. The molecule has 0 atom stereocenters. The molecule has 0 bridgehead atoms. The summed E-state index contributed by atoms with van der Waals surface area (Å²) >= 11 is 5.47. The molecule has 0 aliphatic carbocycles. The van der Waals surface area contributed by atoms with Gasteiger partial charge in [0.2, 0.25) is 0 Å². The van der Waals surface area contributed by atoms with Crippen molar-refractivity contribution in [3.63, 3.8) is 0 Å². The summed E-state index contributed by atoms with van der Waals surface area (Å²) in [7, 11) is 0. The molecule has 0 saturated heterocycles. The maximum absolute atomic E-state index is 12.6. The maximum Gasteiger partial charge on any atom is 0.266 e. The number of benzene rings is 3. The van der Waals surface area contributed by atoms with Crippen LogP contribution in [0.1, 0.15) is 23.6 Å². The highest BCUT2D eigenvalue weighted by Crippen LogP contribution is 2.35. The highest BCUT2D eigenvalue weighted by atomic mass is 127. The van der Waals surface area contributed by atoms with E-state index in [2.05, 4.69) is 49.9 Å². The van der Waals surface area contributed by atoms with Gasteiger partial charge in [0.05, 0.1) is 21.8 Å². The lowest BCUT2D eigenvalue weighted by Crippen LogP contribution is -2.13. The second-order valence-corrected chi connectivity index (χ2v) is 9.03. The van der Waals surface area contributed by atoms with Crippen LogP contribution in [0.2, 0.25) is 0 Å². The van der Waals surface area contributed by atoms with Crippen molar-refractivity contribution in [2.24, 2.45) is 0 Å². The molecule has 6 nitrogen and oxygen atoms in total. The average Bonchev–Trinajstić information content (AvgIpc) is 2.83. The van der Waals surface area contributed by atoms with Crippen molar-refractivity contribution in [1.29, 1.82) is 10.5 Å². The molecule has 0 radical (unpaired) electrons. The van der Waals surface area contributed by atoms with Gasteiger partial charge in [-0.05, 0) is 83.6 Å². The van der Waals surface area contributed by atoms with Gasteiger partial charge in [0, 0.05) is 15.7 Å². The van der Waals surface area contributed by atoms with Crippen LogP contribution in [0.5, 0.6) is 11.5 Å². The van der Waals surface area contributed by atoms with E-state index in [4.69, 9.17) is 9.47 Å². The van der Waals surface area contributed by atoms with Gasteiger partial charge in [0.1, 0.15) is 18.2 Å². The van der Waals surface area contributed by atoms with E-state index >= 15 is 0 Å². The largest absolute Gasteiger partial charge is 0.490 e. The van der Waals surface area contributed by atoms with Crippen LogP contribution in [0.4, 0.5) is 5.69 Å². The molecule has 0 unspecified atom stereocenters. The molecule has 0 aliphatic rings. The van der Waals surface area contributed by atoms with E-state index in [1.165, 1.54) is 6.08 Å². The second kappa shape index (κ2) is 12.2. The smallest absolute Gasteiger partial charge is 0.266 e. The van der Waals surface area contributed by atoms with Gasteiger partial charge in [0.15, 0.2) is 11.5 Å². The first-order valence-corrected chi connectivity index (χ1v) is 12.1. The molecular weight excluding hydrogens is 609 g/mol. The molecule has 0 saturated carbocycles. The molecule has 170 valence electrons. The number of hydrogen-bond donors (Lipinski definition) is 1. The Morgan fingerprint density at radius 2 is 1.85 bits per heavy atom. The zero-order chi connectivity index (χ0) is 24.5. The summed E-state index contributed by atoms with van der Waals surface area (Å²) in [6, 6.07) is 22.0. The summed E-state index contributed by atoms with van der Waals surface area (Å²) < 4.78 is 13.4. The first kappa shape index (κ1) is 25.3. The number of ether oxygens (including phenoxy) is 2. The molecule has 0 aliphatic heterocycles. The number of anilines is 1. The minimum absolute atomic E-state index is 0.0437. The Balaban J connectivity index is 1.86. The Morgan fingerprint density at radius 3 is 2.53 bits per heavy atom. The van der Waals surface area contributed by atoms with Gasteiger partial charge in [-0.2, -0.15) is 10.5 Å². The number of carbonyl (C=O) groups excluding carboxylic acids is 1. The van der Waals surface area contributed by atoms with E-state index in [9.17, 15) is 15.3 Å². The summed E-state index contributed by atoms with van der Waals surface area (Å²) in [4.78, 5) is 12.6. The van der Waals surface area contributed by atoms with E-state index in [1.54, 1.807) is 48.5 Å². The molecule has 34 heavy (non-hydrogen) atoms. The lowest BCUT2D eigenvalue weighted by atomic mass is 10.1. The summed E-state index contributed by atoms with van der Waals surface area (Å²) in [5, 5.41) is 21.6. The van der Waals surface area contributed by atoms with Crippen LogP contribution < -0.4 is 14.8 Å². The predicted molar refractivity (Wildman–Crippen MR) is 142 cm³/mol. The van der Waals surface area contributed by atoms with Crippen molar-refractivity contribution in [2.45, 2.75) is 13.5 Å². The van der Waals surface area contributed by atoms with Crippen LogP contribution in [0.25, 0.3) is 6.08 Å². The second-order valence-electron chi connectivity index (χ2n) is 6.95. The van der Waals surface area contributed by atoms with Crippen molar-refractivity contribution < 1.29 is 14.3 Å². The highest BCUT2D eigenvalue weighted by molar-refractivity contribution is 14.1. The van der Waals surface area contributed by atoms with E-state index in [1.807, 2.05) is 25.1 Å². The quantitative estimate of drug-likeness (QED) is 0.176. The number of amides is 1. The first-order valence-electron chi connectivity index (χ1n) is 10.2. The van der Waals surface area contributed by atoms with Crippen molar-refractivity contribution in [3.8, 4) is 23.6 Å². The fourth-order valence-corrected chi connectivity index (χ4v) is 4.07. The summed E-state index contributed by atoms with van der Waals surface area (Å²) in [5.41, 5.74) is 2.48. The zero-order valence-corrected chi connectivity index (χ0v) is 21.9. The number of nitrogens with one attached hydrogen (secondary N) is 1. The van der Waals surface area contributed by atoms with Gasteiger partial charge in [-0.1, -0.05) is 34.1 Å². The molecule has 1 amide bonds. The fourth-order valence-electron chi connectivity index (χ4n) is 3.03. The molecule has 0 fully saturated rings. The van der Waals surface area contributed by atoms with Crippen LogP contribution in [-0.2, 0) is 11.4 Å². The highest BCUT2D eigenvalue weighted by Gasteiger charge is 2.15. The van der Waals surface area contributed by atoms with Gasteiger partial charge in [-0.3, -0.25) is 4.79 Å². The molecule has 3 rings (SSSR count). The van der Waals surface area contributed by atoms with Gasteiger partial charge in [-0.25, -0.2) is 0 Å². The summed E-state index contributed by atoms with van der Waals surface area (Å²) in [5.74, 6) is 0.511. The zero-order valence-electron chi connectivity index (χ0n) is 18.1. The molecule has 8 heteroatoms. The number of nitriles is 2. The summed E-state index contributed by atoms with van der Waals surface area (Å²) in [6.07, 6.45) is 1.51. The van der Waals surface area contributed by atoms with Crippen molar-refractivity contribution in [3.05, 3.63) is 91.0 Å². The van der Waals surface area contributed by atoms with Crippen molar-refractivity contribution in [2.75, 3.05) is 11.9 Å². The lowest BCUT2D eigenvalue weighted by Gasteiger charge is -2.15. The predicted octanol–water partition coefficient (Wildman–Crippen LogP) is 6.45. The Hall–Kier alpha value is -3.34. The van der Waals surface area contributed by atoms with E-state index in [0.29, 0.717) is 34.9 Å². The molecule has 0 heterocycles. The summed E-state index contributed by atoms with van der Waals surface area (Å²) in [6.45, 7) is 2.47. The average molecular weight is 628 g/mol.